The van der Waals surface area contributed by atoms with Gasteiger partial charge in [0.15, 0.2) is 11.6 Å². The van der Waals surface area contributed by atoms with Crippen molar-refractivity contribution in [3.8, 4) is 11.8 Å². The summed E-state index contributed by atoms with van der Waals surface area (Å²) in [4.78, 5) is 0. The third-order valence-corrected chi connectivity index (χ3v) is 5.32. The maximum atomic E-state index is 13.8. The molecule has 0 bridgehead atoms. The first-order valence-electron chi connectivity index (χ1n) is 9.66. The SMILES string of the molecule is CCCCCCC[C@H]1CC[C@H](COc2ccc(C#N)c(F)c2F)CC1. The molecule has 0 atom stereocenters. The highest BCUT2D eigenvalue weighted by molar-refractivity contribution is 5.37. The summed E-state index contributed by atoms with van der Waals surface area (Å²) in [7, 11) is 0. The van der Waals surface area contributed by atoms with Crippen molar-refractivity contribution in [2.75, 3.05) is 6.61 Å². The van der Waals surface area contributed by atoms with E-state index in [9.17, 15) is 8.78 Å². The van der Waals surface area contributed by atoms with E-state index in [1.807, 2.05) is 0 Å². The Labute approximate surface area is 150 Å². The van der Waals surface area contributed by atoms with Crippen LogP contribution in [0.25, 0.3) is 0 Å². The highest BCUT2D eigenvalue weighted by Gasteiger charge is 2.22. The second-order valence-electron chi connectivity index (χ2n) is 7.25. The van der Waals surface area contributed by atoms with Crippen molar-refractivity contribution in [2.24, 2.45) is 11.8 Å². The Hall–Kier alpha value is -1.63. The van der Waals surface area contributed by atoms with Crippen molar-refractivity contribution in [3.63, 3.8) is 0 Å². The molecular formula is C21H29F2NO. The van der Waals surface area contributed by atoms with E-state index < -0.39 is 11.6 Å². The van der Waals surface area contributed by atoms with E-state index >= 15 is 0 Å². The fourth-order valence-electron chi connectivity index (χ4n) is 3.66. The lowest BCUT2D eigenvalue weighted by atomic mass is 9.80. The number of ether oxygens (including phenoxy) is 1. The van der Waals surface area contributed by atoms with Gasteiger partial charge in [-0.1, -0.05) is 58.3 Å². The van der Waals surface area contributed by atoms with Gasteiger partial charge in [-0.2, -0.15) is 9.65 Å². The Kier molecular flexibility index (Phi) is 8.18. The lowest BCUT2D eigenvalue weighted by Gasteiger charge is -2.28. The van der Waals surface area contributed by atoms with Crippen molar-refractivity contribution in [2.45, 2.75) is 71.1 Å². The molecular weight excluding hydrogens is 320 g/mol. The van der Waals surface area contributed by atoms with E-state index in [1.165, 1.54) is 63.5 Å². The van der Waals surface area contributed by atoms with E-state index in [0.29, 0.717) is 12.5 Å². The maximum absolute atomic E-state index is 13.8. The first-order valence-corrected chi connectivity index (χ1v) is 9.66. The predicted octanol–water partition coefficient (Wildman–Crippen LogP) is 6.38. The number of nitriles is 1. The Morgan fingerprint density at radius 2 is 1.68 bits per heavy atom. The highest BCUT2D eigenvalue weighted by atomic mass is 19.2. The van der Waals surface area contributed by atoms with E-state index in [2.05, 4.69) is 6.92 Å². The molecule has 0 spiro atoms. The smallest absolute Gasteiger partial charge is 0.201 e. The molecule has 25 heavy (non-hydrogen) atoms. The fourth-order valence-corrected chi connectivity index (χ4v) is 3.66. The van der Waals surface area contributed by atoms with Gasteiger partial charge in [0.25, 0.3) is 0 Å². The van der Waals surface area contributed by atoms with Crippen LogP contribution >= 0.6 is 0 Å². The van der Waals surface area contributed by atoms with Crippen molar-refractivity contribution in [1.29, 1.82) is 5.26 Å². The predicted molar refractivity (Wildman–Crippen MR) is 95.4 cm³/mol. The average Bonchev–Trinajstić information content (AvgIpc) is 2.64. The Morgan fingerprint density at radius 1 is 1.00 bits per heavy atom. The number of rotatable bonds is 9. The second-order valence-corrected chi connectivity index (χ2v) is 7.25. The van der Waals surface area contributed by atoms with Gasteiger partial charge in [-0.3, -0.25) is 0 Å². The molecule has 0 saturated heterocycles. The first kappa shape index (κ1) is 19.7. The molecule has 0 aliphatic heterocycles. The van der Waals surface area contributed by atoms with E-state index in [-0.39, 0.29) is 11.3 Å². The number of hydrogen-bond donors (Lipinski definition) is 0. The van der Waals surface area contributed by atoms with Crippen molar-refractivity contribution < 1.29 is 13.5 Å². The van der Waals surface area contributed by atoms with Crippen molar-refractivity contribution in [3.05, 3.63) is 29.3 Å². The number of halogens is 2. The third-order valence-electron chi connectivity index (χ3n) is 5.32. The van der Waals surface area contributed by atoms with Crippen LogP contribution < -0.4 is 4.74 Å². The van der Waals surface area contributed by atoms with Crippen LogP contribution in [0.3, 0.4) is 0 Å². The van der Waals surface area contributed by atoms with Gasteiger partial charge in [0.1, 0.15) is 6.07 Å². The zero-order chi connectivity index (χ0) is 18.1. The second kappa shape index (κ2) is 10.4. The third kappa shape index (κ3) is 5.99. The van der Waals surface area contributed by atoms with Gasteiger partial charge in [0.2, 0.25) is 5.82 Å². The van der Waals surface area contributed by atoms with Crippen LogP contribution in [-0.4, -0.2) is 6.61 Å². The number of unbranched alkanes of at least 4 members (excludes halogenated alkanes) is 4. The zero-order valence-electron chi connectivity index (χ0n) is 15.2. The molecule has 1 fully saturated rings. The topological polar surface area (TPSA) is 33.0 Å². The molecule has 1 saturated carbocycles. The van der Waals surface area contributed by atoms with Gasteiger partial charge >= 0.3 is 0 Å². The summed E-state index contributed by atoms with van der Waals surface area (Å²) in [6, 6.07) is 4.24. The molecule has 0 radical (unpaired) electrons. The molecule has 0 unspecified atom stereocenters. The summed E-state index contributed by atoms with van der Waals surface area (Å²) < 4.78 is 32.9. The monoisotopic (exact) mass is 349 g/mol. The van der Waals surface area contributed by atoms with Crippen LogP contribution in [-0.2, 0) is 0 Å². The highest BCUT2D eigenvalue weighted by Crippen LogP contribution is 2.33. The standard InChI is InChI=1S/C21H29F2NO/c1-2-3-4-5-6-7-16-8-10-17(11-9-16)15-25-19-13-12-18(14-24)20(22)21(19)23/h12-13,16-17H,2-11,15H2,1H3/t16-,17-. The minimum absolute atomic E-state index is 0.0884. The van der Waals surface area contributed by atoms with Crippen molar-refractivity contribution >= 4 is 0 Å². The zero-order valence-corrected chi connectivity index (χ0v) is 15.2. The Bertz CT molecular complexity index is 574. The molecule has 0 amide bonds. The molecule has 1 aromatic carbocycles. The molecule has 1 aliphatic carbocycles. The summed E-state index contributed by atoms with van der Waals surface area (Å²) >= 11 is 0. The molecule has 2 rings (SSSR count). The molecule has 138 valence electrons. The lowest BCUT2D eigenvalue weighted by molar-refractivity contribution is 0.172. The minimum Gasteiger partial charge on any atom is -0.490 e. The quantitative estimate of drug-likeness (QED) is 0.484. The summed E-state index contributed by atoms with van der Waals surface area (Å²) in [5.41, 5.74) is -0.288. The summed E-state index contributed by atoms with van der Waals surface area (Å²) in [6.45, 7) is 2.66. The first-order chi connectivity index (χ1) is 12.2. The van der Waals surface area contributed by atoms with Crippen LogP contribution in [0.1, 0.15) is 76.7 Å². The van der Waals surface area contributed by atoms with Crippen LogP contribution in [0.4, 0.5) is 8.78 Å². The minimum atomic E-state index is -1.12. The average molecular weight is 349 g/mol. The number of hydrogen-bond acceptors (Lipinski definition) is 2. The maximum Gasteiger partial charge on any atom is 0.201 e. The Balaban J connectivity index is 1.69. The summed E-state index contributed by atoms with van der Waals surface area (Å²) in [5, 5.41) is 8.70. The van der Waals surface area contributed by atoms with Gasteiger partial charge < -0.3 is 4.74 Å². The summed E-state index contributed by atoms with van der Waals surface area (Å²) in [5.74, 6) is -1.03. The molecule has 0 N–H and O–H groups in total. The van der Waals surface area contributed by atoms with Crippen molar-refractivity contribution in [1.82, 2.24) is 0 Å². The summed E-state index contributed by atoms with van der Waals surface area (Å²) in [6.07, 6.45) is 12.6. The molecule has 0 aromatic heterocycles. The van der Waals surface area contributed by atoms with E-state index in [4.69, 9.17) is 10.00 Å². The largest absolute Gasteiger partial charge is 0.490 e. The van der Waals surface area contributed by atoms with Gasteiger partial charge in [0.05, 0.1) is 12.2 Å². The number of nitrogens with zero attached hydrogens (tertiary/aromatic N) is 1. The Morgan fingerprint density at radius 3 is 2.36 bits per heavy atom. The van der Waals surface area contributed by atoms with Crippen LogP contribution in [0.15, 0.2) is 12.1 Å². The fraction of sp³-hybridized carbons (Fsp3) is 0.667. The molecule has 1 aliphatic rings. The molecule has 4 heteroatoms. The van der Waals surface area contributed by atoms with Gasteiger partial charge in [0, 0.05) is 0 Å². The van der Waals surface area contributed by atoms with Gasteiger partial charge in [-0.25, -0.2) is 4.39 Å². The van der Waals surface area contributed by atoms with Crippen LogP contribution in [0.5, 0.6) is 5.75 Å². The van der Waals surface area contributed by atoms with Gasteiger partial charge in [-0.05, 0) is 36.8 Å². The molecule has 0 heterocycles. The van der Waals surface area contributed by atoms with Crippen LogP contribution in [0.2, 0.25) is 0 Å². The van der Waals surface area contributed by atoms with E-state index in [1.54, 1.807) is 6.07 Å². The van der Waals surface area contributed by atoms with Gasteiger partial charge in [-0.15, -0.1) is 0 Å². The van der Waals surface area contributed by atoms with E-state index in [0.717, 1.165) is 18.8 Å². The normalized spacial score (nSPS) is 20.2. The molecule has 2 nitrogen and oxygen atoms in total. The molecule has 1 aromatic rings. The number of benzene rings is 1. The van der Waals surface area contributed by atoms with Crippen LogP contribution in [0, 0.1) is 34.8 Å². The lowest BCUT2D eigenvalue weighted by Crippen LogP contribution is -2.20.